The maximum atomic E-state index is 6.17. The summed E-state index contributed by atoms with van der Waals surface area (Å²) in [6, 6.07) is 11.0. The highest BCUT2D eigenvalue weighted by Gasteiger charge is 2.09. The van der Waals surface area contributed by atoms with Crippen molar-refractivity contribution in [1.82, 2.24) is 0 Å². The molecule has 0 saturated carbocycles. The van der Waals surface area contributed by atoms with E-state index in [4.69, 9.17) is 33.7 Å². The van der Waals surface area contributed by atoms with E-state index in [1.807, 2.05) is 31.2 Å². The van der Waals surface area contributed by atoms with Crippen LogP contribution in [-0.4, -0.2) is 6.10 Å². The van der Waals surface area contributed by atoms with E-state index in [-0.39, 0.29) is 6.10 Å². The molecule has 0 fully saturated rings. The summed E-state index contributed by atoms with van der Waals surface area (Å²) in [6.45, 7) is 4.12. The van der Waals surface area contributed by atoms with Crippen LogP contribution in [-0.2, 0) is 0 Å². The molecular weight excluding hydrogens is 307 g/mol. The molecule has 0 aliphatic heterocycles. The van der Waals surface area contributed by atoms with Gasteiger partial charge < -0.3 is 15.8 Å². The van der Waals surface area contributed by atoms with E-state index < -0.39 is 0 Å². The largest absolute Gasteiger partial charge is 0.491 e. The van der Waals surface area contributed by atoms with Gasteiger partial charge in [-0.2, -0.15) is 0 Å². The molecule has 5 heteroatoms. The number of hydrogen-bond donors (Lipinski definition) is 2. The molecule has 2 aromatic carbocycles. The molecule has 0 amide bonds. The van der Waals surface area contributed by atoms with Crippen LogP contribution in [0, 0.1) is 0 Å². The Morgan fingerprint density at radius 2 is 1.86 bits per heavy atom. The highest BCUT2D eigenvalue weighted by atomic mass is 35.5. The number of ether oxygens (including phenoxy) is 1. The minimum Gasteiger partial charge on any atom is -0.491 e. The lowest BCUT2D eigenvalue weighted by Gasteiger charge is -2.15. The Balaban J connectivity index is 2.22. The molecular formula is C16H18Cl2N2O. The molecule has 0 aliphatic carbocycles. The quantitative estimate of drug-likeness (QED) is 0.714. The van der Waals surface area contributed by atoms with Crippen LogP contribution in [0.5, 0.6) is 5.75 Å². The molecule has 0 bridgehead atoms. The van der Waals surface area contributed by atoms with Gasteiger partial charge in [-0.3, -0.25) is 0 Å². The van der Waals surface area contributed by atoms with E-state index in [0.29, 0.717) is 21.4 Å². The topological polar surface area (TPSA) is 47.3 Å². The number of nitrogens with one attached hydrogen (secondary N) is 1. The summed E-state index contributed by atoms with van der Waals surface area (Å²) >= 11 is 12.3. The van der Waals surface area contributed by atoms with Crippen molar-refractivity contribution in [3.63, 3.8) is 0 Å². The summed E-state index contributed by atoms with van der Waals surface area (Å²) in [5.41, 5.74) is 7.72. The maximum absolute atomic E-state index is 6.17. The van der Waals surface area contributed by atoms with Gasteiger partial charge in [0, 0.05) is 17.4 Å². The second kappa shape index (κ2) is 6.92. The predicted octanol–water partition coefficient (Wildman–Crippen LogP) is 5.50. The van der Waals surface area contributed by atoms with Crippen molar-refractivity contribution in [3.05, 3.63) is 46.4 Å². The number of nitrogen functional groups attached to an aromatic ring is 1. The summed E-state index contributed by atoms with van der Waals surface area (Å²) in [7, 11) is 0. The number of hydrogen-bond acceptors (Lipinski definition) is 3. The number of nitrogens with two attached hydrogens (primary N) is 1. The van der Waals surface area contributed by atoms with Gasteiger partial charge in [-0.15, -0.1) is 0 Å². The zero-order valence-corrected chi connectivity index (χ0v) is 13.5. The van der Waals surface area contributed by atoms with E-state index in [2.05, 4.69) is 12.2 Å². The molecule has 2 rings (SSSR count). The highest BCUT2D eigenvalue weighted by molar-refractivity contribution is 6.39. The minimum atomic E-state index is 0.170. The first-order chi connectivity index (χ1) is 9.99. The first-order valence-corrected chi connectivity index (χ1v) is 7.53. The summed E-state index contributed by atoms with van der Waals surface area (Å²) in [6.07, 6.45) is 1.12. The molecule has 0 spiro atoms. The number of anilines is 3. The number of rotatable bonds is 5. The van der Waals surface area contributed by atoms with Gasteiger partial charge in [0.1, 0.15) is 5.75 Å². The van der Waals surface area contributed by atoms with Crippen molar-refractivity contribution in [1.29, 1.82) is 0 Å². The van der Waals surface area contributed by atoms with Crippen LogP contribution in [0.3, 0.4) is 0 Å². The zero-order chi connectivity index (χ0) is 15.4. The Bertz CT molecular complexity index is 608. The van der Waals surface area contributed by atoms with Crippen LogP contribution in [0.25, 0.3) is 0 Å². The van der Waals surface area contributed by atoms with E-state index in [9.17, 15) is 0 Å². The lowest BCUT2D eigenvalue weighted by Crippen LogP contribution is -2.09. The average Bonchev–Trinajstić information content (AvgIpc) is 2.43. The molecule has 112 valence electrons. The molecule has 3 N–H and O–H groups in total. The summed E-state index contributed by atoms with van der Waals surface area (Å²) in [5, 5.41) is 4.16. The van der Waals surface area contributed by atoms with Crippen LogP contribution in [0.1, 0.15) is 20.3 Å². The molecule has 3 nitrogen and oxygen atoms in total. The smallest absolute Gasteiger partial charge is 0.121 e. The van der Waals surface area contributed by atoms with Gasteiger partial charge in [-0.25, -0.2) is 0 Å². The third kappa shape index (κ3) is 4.19. The number of benzene rings is 2. The van der Waals surface area contributed by atoms with Crippen LogP contribution in [0.15, 0.2) is 36.4 Å². The summed E-state index contributed by atoms with van der Waals surface area (Å²) < 4.78 is 5.80. The fourth-order valence-electron chi connectivity index (χ4n) is 1.82. The minimum absolute atomic E-state index is 0.170. The second-order valence-electron chi connectivity index (χ2n) is 4.85. The lowest BCUT2D eigenvalue weighted by atomic mass is 10.2. The fourth-order valence-corrected chi connectivity index (χ4v) is 2.42. The number of halogens is 2. The molecule has 0 aromatic heterocycles. The molecule has 0 aliphatic rings. The van der Waals surface area contributed by atoms with Gasteiger partial charge in [0.25, 0.3) is 0 Å². The molecule has 1 atom stereocenters. The van der Waals surface area contributed by atoms with E-state index >= 15 is 0 Å². The van der Waals surface area contributed by atoms with Crippen molar-refractivity contribution in [2.24, 2.45) is 0 Å². The predicted molar refractivity (Wildman–Crippen MR) is 91.0 cm³/mol. The Morgan fingerprint density at radius 1 is 1.19 bits per heavy atom. The van der Waals surface area contributed by atoms with E-state index in [0.717, 1.165) is 17.9 Å². The summed E-state index contributed by atoms with van der Waals surface area (Å²) in [4.78, 5) is 0. The molecule has 0 radical (unpaired) electrons. The second-order valence-corrected chi connectivity index (χ2v) is 5.66. The van der Waals surface area contributed by atoms with Crippen LogP contribution >= 0.6 is 23.2 Å². The van der Waals surface area contributed by atoms with Gasteiger partial charge in [0.2, 0.25) is 0 Å². The molecule has 21 heavy (non-hydrogen) atoms. The SMILES string of the molecule is CCC(C)Oc1cccc(Nc2c(Cl)cc(N)cc2Cl)c1. The maximum Gasteiger partial charge on any atom is 0.121 e. The van der Waals surface area contributed by atoms with Crippen LogP contribution in [0.4, 0.5) is 17.1 Å². The van der Waals surface area contributed by atoms with E-state index in [1.165, 1.54) is 0 Å². The van der Waals surface area contributed by atoms with Crippen molar-refractivity contribution in [2.75, 3.05) is 11.1 Å². The van der Waals surface area contributed by atoms with Gasteiger partial charge in [-0.05, 0) is 37.6 Å². The zero-order valence-electron chi connectivity index (χ0n) is 12.0. The fraction of sp³-hybridized carbons (Fsp3) is 0.250. The molecule has 1 unspecified atom stereocenters. The Kier molecular flexibility index (Phi) is 5.21. The molecule has 0 saturated heterocycles. The lowest BCUT2D eigenvalue weighted by molar-refractivity contribution is 0.217. The summed E-state index contributed by atoms with van der Waals surface area (Å²) in [5.74, 6) is 0.803. The third-order valence-corrected chi connectivity index (χ3v) is 3.68. The average molecular weight is 325 g/mol. The van der Waals surface area contributed by atoms with Gasteiger partial charge in [0.15, 0.2) is 0 Å². The van der Waals surface area contributed by atoms with Gasteiger partial charge in [-0.1, -0.05) is 36.2 Å². The van der Waals surface area contributed by atoms with Gasteiger partial charge >= 0.3 is 0 Å². The first-order valence-electron chi connectivity index (χ1n) is 6.78. The standard InChI is InChI=1S/C16H18Cl2N2O/c1-3-10(2)21-13-6-4-5-12(9-13)20-16-14(17)7-11(19)8-15(16)18/h4-10,20H,3,19H2,1-2H3. The highest BCUT2D eigenvalue weighted by Crippen LogP contribution is 2.35. The third-order valence-electron chi connectivity index (χ3n) is 3.08. The monoisotopic (exact) mass is 324 g/mol. The van der Waals surface area contributed by atoms with E-state index in [1.54, 1.807) is 12.1 Å². The Morgan fingerprint density at radius 3 is 2.48 bits per heavy atom. The normalized spacial score (nSPS) is 12.0. The van der Waals surface area contributed by atoms with Crippen molar-refractivity contribution >= 4 is 40.3 Å². The van der Waals surface area contributed by atoms with Crippen LogP contribution in [0.2, 0.25) is 10.0 Å². The van der Waals surface area contributed by atoms with Crippen molar-refractivity contribution in [2.45, 2.75) is 26.4 Å². The van der Waals surface area contributed by atoms with Gasteiger partial charge in [0.05, 0.1) is 21.8 Å². The molecule has 0 heterocycles. The Hall–Kier alpha value is -1.58. The molecule has 2 aromatic rings. The first kappa shape index (κ1) is 15.8. The Labute approximate surface area is 135 Å². The van der Waals surface area contributed by atoms with Crippen molar-refractivity contribution < 1.29 is 4.74 Å². The van der Waals surface area contributed by atoms with Crippen molar-refractivity contribution in [3.8, 4) is 5.75 Å². The van der Waals surface area contributed by atoms with Crippen LogP contribution < -0.4 is 15.8 Å².